The molecule has 0 radical (unpaired) electrons. The third-order valence-electron chi connectivity index (χ3n) is 2.73. The second-order valence-electron chi connectivity index (χ2n) is 4.29. The molecule has 0 unspecified atom stereocenters. The molecule has 0 fully saturated rings. The van der Waals surface area contributed by atoms with E-state index in [1.807, 2.05) is 18.2 Å². The summed E-state index contributed by atoms with van der Waals surface area (Å²) in [6.45, 7) is 0.481. The summed E-state index contributed by atoms with van der Waals surface area (Å²) in [6, 6.07) is 10.8. The van der Waals surface area contributed by atoms with Gasteiger partial charge in [-0.25, -0.2) is 0 Å². The van der Waals surface area contributed by atoms with E-state index in [1.165, 1.54) is 6.07 Å². The van der Waals surface area contributed by atoms with Crippen molar-refractivity contribution >= 4 is 27.3 Å². The van der Waals surface area contributed by atoms with Crippen LogP contribution in [0, 0.1) is 0 Å². The molecule has 3 N–H and O–H groups in total. The Bertz CT molecular complexity index is 612. The zero-order valence-corrected chi connectivity index (χ0v) is 11.9. The summed E-state index contributed by atoms with van der Waals surface area (Å²) in [5, 5.41) is 3.07. The third kappa shape index (κ3) is 3.66. The van der Waals surface area contributed by atoms with Crippen LogP contribution in [0.2, 0.25) is 0 Å². The number of benzene rings is 2. The van der Waals surface area contributed by atoms with E-state index in [0.717, 1.165) is 17.7 Å². The van der Waals surface area contributed by atoms with Gasteiger partial charge < -0.3 is 11.1 Å². The Morgan fingerprint density at radius 3 is 2.45 bits per heavy atom. The monoisotopic (exact) mass is 344 g/mol. The van der Waals surface area contributed by atoms with Crippen molar-refractivity contribution in [3.05, 3.63) is 58.1 Å². The minimum absolute atomic E-state index is 0.372. The van der Waals surface area contributed by atoms with Crippen LogP contribution in [0.15, 0.2) is 46.9 Å². The summed E-state index contributed by atoms with van der Waals surface area (Å²) in [6.07, 6.45) is -4.34. The molecule has 2 rings (SSSR count). The number of nitrogen functional groups attached to an aromatic ring is 1. The fourth-order valence-electron chi connectivity index (χ4n) is 1.74. The Labute approximate surface area is 122 Å². The lowest BCUT2D eigenvalue weighted by Gasteiger charge is -2.12. The van der Waals surface area contributed by atoms with Crippen LogP contribution in [0.25, 0.3) is 0 Å². The molecule has 0 bridgehead atoms. The molecule has 0 aliphatic heterocycles. The summed E-state index contributed by atoms with van der Waals surface area (Å²) in [5.41, 5.74) is 7.18. The van der Waals surface area contributed by atoms with Gasteiger partial charge in [0, 0.05) is 22.4 Å². The third-order valence-corrected chi connectivity index (χ3v) is 3.39. The van der Waals surface area contributed by atoms with Gasteiger partial charge in [-0.1, -0.05) is 12.1 Å². The van der Waals surface area contributed by atoms with Gasteiger partial charge >= 0.3 is 6.18 Å². The maximum absolute atomic E-state index is 12.5. The molecule has 0 aliphatic carbocycles. The summed E-state index contributed by atoms with van der Waals surface area (Å²) in [5.74, 6) is 0. The van der Waals surface area contributed by atoms with E-state index >= 15 is 0 Å². The molecule has 0 saturated carbocycles. The van der Waals surface area contributed by atoms with E-state index in [0.29, 0.717) is 22.4 Å². The van der Waals surface area contributed by atoms with Gasteiger partial charge in [-0.2, -0.15) is 13.2 Å². The minimum atomic E-state index is -4.34. The van der Waals surface area contributed by atoms with E-state index in [-0.39, 0.29) is 0 Å². The fourth-order valence-corrected chi connectivity index (χ4v) is 2.25. The largest absolute Gasteiger partial charge is 0.416 e. The van der Waals surface area contributed by atoms with E-state index in [4.69, 9.17) is 5.73 Å². The van der Waals surface area contributed by atoms with Crippen LogP contribution >= 0.6 is 15.9 Å². The van der Waals surface area contributed by atoms with E-state index in [9.17, 15) is 13.2 Å². The molecule has 0 aromatic heterocycles. The SMILES string of the molecule is Nc1cccc(CNc2ccc(C(F)(F)F)cc2Br)c1. The molecule has 2 aromatic rings. The predicted molar refractivity (Wildman–Crippen MR) is 77.3 cm³/mol. The predicted octanol–water partition coefficient (Wildman–Crippen LogP) is 4.66. The molecule has 0 amide bonds. The Morgan fingerprint density at radius 1 is 1.10 bits per heavy atom. The van der Waals surface area contributed by atoms with Crippen LogP contribution in [0.1, 0.15) is 11.1 Å². The van der Waals surface area contributed by atoms with E-state index < -0.39 is 11.7 Å². The summed E-state index contributed by atoms with van der Waals surface area (Å²) in [7, 11) is 0. The molecule has 6 heteroatoms. The van der Waals surface area contributed by atoms with Gasteiger partial charge in [-0.05, 0) is 51.8 Å². The maximum Gasteiger partial charge on any atom is 0.416 e. The van der Waals surface area contributed by atoms with Gasteiger partial charge in [0.2, 0.25) is 0 Å². The number of nitrogens with one attached hydrogen (secondary N) is 1. The van der Waals surface area contributed by atoms with Crippen molar-refractivity contribution in [2.24, 2.45) is 0 Å². The highest BCUT2D eigenvalue weighted by Gasteiger charge is 2.30. The molecule has 0 atom stereocenters. The van der Waals surface area contributed by atoms with Crippen molar-refractivity contribution in [1.82, 2.24) is 0 Å². The molecule has 106 valence electrons. The van der Waals surface area contributed by atoms with E-state index in [2.05, 4.69) is 21.2 Å². The molecule has 0 saturated heterocycles. The number of hydrogen-bond donors (Lipinski definition) is 2. The van der Waals surface area contributed by atoms with Crippen molar-refractivity contribution in [1.29, 1.82) is 0 Å². The number of hydrogen-bond acceptors (Lipinski definition) is 2. The standard InChI is InChI=1S/C14H12BrF3N2/c15-12-7-10(14(16,17)18)4-5-13(12)20-8-9-2-1-3-11(19)6-9/h1-7,20H,8,19H2. The Kier molecular flexibility index (Phi) is 4.23. The molecular formula is C14H12BrF3N2. The van der Waals surface area contributed by atoms with Crippen LogP contribution in [-0.2, 0) is 12.7 Å². The highest BCUT2D eigenvalue weighted by Crippen LogP contribution is 2.34. The summed E-state index contributed by atoms with van der Waals surface area (Å²) < 4.78 is 38.0. The van der Waals surface area contributed by atoms with Crippen molar-refractivity contribution in [2.45, 2.75) is 12.7 Å². The van der Waals surface area contributed by atoms with Gasteiger partial charge in [-0.15, -0.1) is 0 Å². The average molecular weight is 345 g/mol. The van der Waals surface area contributed by atoms with Gasteiger partial charge in [0.15, 0.2) is 0 Å². The first-order chi connectivity index (χ1) is 9.36. The lowest BCUT2D eigenvalue weighted by molar-refractivity contribution is -0.137. The molecule has 0 aliphatic rings. The van der Waals surface area contributed by atoms with Crippen LogP contribution in [-0.4, -0.2) is 0 Å². The Hall–Kier alpha value is -1.69. The summed E-state index contributed by atoms with van der Waals surface area (Å²) in [4.78, 5) is 0. The average Bonchev–Trinajstić information content (AvgIpc) is 2.36. The quantitative estimate of drug-likeness (QED) is 0.794. The lowest BCUT2D eigenvalue weighted by Crippen LogP contribution is -2.06. The second kappa shape index (κ2) is 5.75. The first-order valence-electron chi connectivity index (χ1n) is 5.81. The smallest absolute Gasteiger partial charge is 0.399 e. The zero-order chi connectivity index (χ0) is 14.8. The van der Waals surface area contributed by atoms with Crippen molar-refractivity contribution < 1.29 is 13.2 Å². The van der Waals surface area contributed by atoms with Crippen molar-refractivity contribution in [3.63, 3.8) is 0 Å². The molecular weight excluding hydrogens is 333 g/mol. The highest BCUT2D eigenvalue weighted by atomic mass is 79.9. The number of anilines is 2. The van der Waals surface area contributed by atoms with E-state index in [1.54, 1.807) is 6.07 Å². The van der Waals surface area contributed by atoms with Crippen LogP contribution in [0.4, 0.5) is 24.5 Å². The first kappa shape index (κ1) is 14.7. The molecule has 0 heterocycles. The topological polar surface area (TPSA) is 38.0 Å². The molecule has 2 nitrogen and oxygen atoms in total. The normalized spacial score (nSPS) is 11.4. The molecule has 2 aromatic carbocycles. The van der Waals surface area contributed by atoms with Crippen molar-refractivity contribution in [2.75, 3.05) is 11.1 Å². The van der Waals surface area contributed by atoms with Crippen molar-refractivity contribution in [3.8, 4) is 0 Å². The summed E-state index contributed by atoms with van der Waals surface area (Å²) >= 11 is 3.14. The Morgan fingerprint density at radius 2 is 1.85 bits per heavy atom. The first-order valence-corrected chi connectivity index (χ1v) is 6.60. The number of alkyl halides is 3. The van der Waals surface area contributed by atoms with Gasteiger partial charge in [-0.3, -0.25) is 0 Å². The highest BCUT2D eigenvalue weighted by molar-refractivity contribution is 9.10. The minimum Gasteiger partial charge on any atom is -0.399 e. The number of rotatable bonds is 3. The van der Waals surface area contributed by atoms with Crippen LogP contribution in [0.5, 0.6) is 0 Å². The van der Waals surface area contributed by atoms with Gasteiger partial charge in [0.05, 0.1) is 5.56 Å². The maximum atomic E-state index is 12.5. The zero-order valence-electron chi connectivity index (χ0n) is 10.3. The number of halogens is 4. The lowest BCUT2D eigenvalue weighted by atomic mass is 10.1. The molecule has 20 heavy (non-hydrogen) atoms. The molecule has 0 spiro atoms. The number of nitrogens with two attached hydrogens (primary N) is 1. The van der Waals surface area contributed by atoms with Gasteiger partial charge in [0.1, 0.15) is 0 Å². The van der Waals surface area contributed by atoms with Crippen LogP contribution < -0.4 is 11.1 Å². The second-order valence-corrected chi connectivity index (χ2v) is 5.15. The Balaban J connectivity index is 2.11. The fraction of sp³-hybridized carbons (Fsp3) is 0.143. The van der Waals surface area contributed by atoms with Crippen LogP contribution in [0.3, 0.4) is 0 Å². The van der Waals surface area contributed by atoms with Gasteiger partial charge in [0.25, 0.3) is 0 Å².